The van der Waals surface area contributed by atoms with E-state index in [1.807, 2.05) is 24.3 Å². The Morgan fingerprint density at radius 1 is 1.27 bits per heavy atom. The zero-order valence-corrected chi connectivity index (χ0v) is 15.8. The number of hydrogen-bond acceptors (Lipinski definition) is 5. The summed E-state index contributed by atoms with van der Waals surface area (Å²) >= 11 is 0. The fraction of sp³-hybridized carbons (Fsp3) is 0.368. The summed E-state index contributed by atoms with van der Waals surface area (Å²) in [4.78, 5) is 18.5. The molecular formula is C19H23N3O3S. The van der Waals surface area contributed by atoms with Crippen molar-refractivity contribution in [3.63, 3.8) is 0 Å². The third-order valence-electron chi connectivity index (χ3n) is 4.72. The molecule has 1 atom stereocenters. The van der Waals surface area contributed by atoms with Crippen molar-refractivity contribution in [2.45, 2.75) is 25.8 Å². The molecule has 3 rings (SSSR count). The van der Waals surface area contributed by atoms with Crippen molar-refractivity contribution in [3.8, 4) is 0 Å². The van der Waals surface area contributed by atoms with Crippen LogP contribution in [0.1, 0.15) is 29.3 Å². The minimum atomic E-state index is -3.03. The molecule has 2 heterocycles. The number of carbonyl (C=O) groups excluding carboxylic acids is 1. The number of pyridine rings is 1. The summed E-state index contributed by atoms with van der Waals surface area (Å²) in [5.41, 5.74) is 2.63. The van der Waals surface area contributed by atoms with E-state index in [9.17, 15) is 13.2 Å². The lowest BCUT2D eigenvalue weighted by Gasteiger charge is -2.23. The number of hydrogen-bond donors (Lipinski definition) is 1. The van der Waals surface area contributed by atoms with Crippen LogP contribution in [-0.2, 0) is 16.3 Å². The lowest BCUT2D eigenvalue weighted by molar-refractivity contribution is 0.0747. The molecule has 6 nitrogen and oxygen atoms in total. The van der Waals surface area contributed by atoms with Gasteiger partial charge in [-0.3, -0.25) is 4.79 Å². The molecule has 2 aromatic rings. The van der Waals surface area contributed by atoms with E-state index in [1.54, 1.807) is 25.4 Å². The number of amides is 1. The summed E-state index contributed by atoms with van der Waals surface area (Å²) in [6.45, 7) is 2.10. The van der Waals surface area contributed by atoms with Gasteiger partial charge in [-0.1, -0.05) is 19.1 Å². The number of nitrogens with zero attached hydrogens (tertiary/aromatic N) is 2. The summed E-state index contributed by atoms with van der Waals surface area (Å²) in [5, 5.41) is 3.19. The number of aryl methyl sites for hydroxylation is 1. The van der Waals surface area contributed by atoms with E-state index in [0.29, 0.717) is 17.8 Å². The monoisotopic (exact) mass is 373 g/mol. The van der Waals surface area contributed by atoms with Gasteiger partial charge in [-0.25, -0.2) is 13.4 Å². The lowest BCUT2D eigenvalue weighted by atomic mass is 10.1. The highest BCUT2D eigenvalue weighted by molar-refractivity contribution is 7.91. The van der Waals surface area contributed by atoms with Crippen molar-refractivity contribution < 1.29 is 13.2 Å². The molecule has 1 fully saturated rings. The molecule has 1 aromatic carbocycles. The van der Waals surface area contributed by atoms with Crippen LogP contribution in [0, 0.1) is 0 Å². The fourth-order valence-electron chi connectivity index (χ4n) is 3.05. The number of sulfone groups is 1. The van der Waals surface area contributed by atoms with Gasteiger partial charge in [0.05, 0.1) is 11.5 Å². The van der Waals surface area contributed by atoms with Crippen LogP contribution >= 0.6 is 0 Å². The van der Waals surface area contributed by atoms with E-state index in [-0.39, 0.29) is 23.5 Å². The van der Waals surface area contributed by atoms with E-state index in [1.165, 1.54) is 10.5 Å². The highest BCUT2D eigenvalue weighted by atomic mass is 32.2. The molecule has 0 bridgehead atoms. The number of rotatable bonds is 5. The van der Waals surface area contributed by atoms with Gasteiger partial charge in [0.25, 0.3) is 5.91 Å². The molecule has 26 heavy (non-hydrogen) atoms. The van der Waals surface area contributed by atoms with Gasteiger partial charge in [0.2, 0.25) is 0 Å². The third-order valence-corrected chi connectivity index (χ3v) is 6.47. The summed E-state index contributed by atoms with van der Waals surface area (Å²) in [6.07, 6.45) is 3.05. The summed E-state index contributed by atoms with van der Waals surface area (Å²) in [5.74, 6) is 0.563. The Bertz CT molecular complexity index is 895. The molecule has 1 aromatic heterocycles. The molecule has 1 aliphatic heterocycles. The van der Waals surface area contributed by atoms with Gasteiger partial charge in [0.15, 0.2) is 9.84 Å². The number of benzene rings is 1. The molecule has 1 saturated heterocycles. The van der Waals surface area contributed by atoms with Gasteiger partial charge in [0, 0.05) is 30.5 Å². The van der Waals surface area contributed by atoms with Crippen LogP contribution in [0.5, 0.6) is 0 Å². The van der Waals surface area contributed by atoms with Crippen LogP contribution in [0.4, 0.5) is 11.5 Å². The van der Waals surface area contributed by atoms with Gasteiger partial charge < -0.3 is 10.2 Å². The predicted molar refractivity (Wildman–Crippen MR) is 102 cm³/mol. The Morgan fingerprint density at radius 3 is 2.62 bits per heavy atom. The first-order valence-corrected chi connectivity index (χ1v) is 10.5. The molecule has 1 aliphatic rings. The standard InChI is InChI=1S/C19H23N3O3S/c1-3-14-4-6-16(7-5-14)21-18-12-15(8-10-20-18)19(23)22(2)17-9-11-26(24,25)13-17/h4-8,10,12,17H,3,9,11,13H2,1-2H3,(H,20,21). The Morgan fingerprint density at radius 2 is 2.00 bits per heavy atom. The van der Waals surface area contributed by atoms with E-state index in [2.05, 4.69) is 17.2 Å². The van der Waals surface area contributed by atoms with E-state index in [4.69, 9.17) is 0 Å². The van der Waals surface area contributed by atoms with Crippen molar-refractivity contribution in [1.82, 2.24) is 9.88 Å². The highest BCUT2D eigenvalue weighted by Crippen LogP contribution is 2.20. The Balaban J connectivity index is 1.72. The summed E-state index contributed by atoms with van der Waals surface area (Å²) < 4.78 is 23.3. The van der Waals surface area contributed by atoms with Crippen LogP contribution in [0.15, 0.2) is 42.6 Å². The lowest BCUT2D eigenvalue weighted by Crippen LogP contribution is -2.37. The first kappa shape index (κ1) is 18.4. The first-order chi connectivity index (χ1) is 12.4. The molecule has 0 radical (unpaired) electrons. The minimum absolute atomic E-state index is 0.0369. The summed E-state index contributed by atoms with van der Waals surface area (Å²) in [6, 6.07) is 11.1. The van der Waals surface area contributed by atoms with Gasteiger partial charge in [-0.2, -0.15) is 0 Å². The topological polar surface area (TPSA) is 79.4 Å². The third kappa shape index (κ3) is 4.22. The van der Waals surface area contributed by atoms with E-state index >= 15 is 0 Å². The van der Waals surface area contributed by atoms with Crippen molar-refractivity contribution in [2.24, 2.45) is 0 Å². The highest BCUT2D eigenvalue weighted by Gasteiger charge is 2.33. The Hall–Kier alpha value is -2.41. The zero-order chi connectivity index (χ0) is 18.7. The second-order valence-corrected chi connectivity index (χ2v) is 8.81. The quantitative estimate of drug-likeness (QED) is 0.872. The van der Waals surface area contributed by atoms with Crippen LogP contribution in [0.3, 0.4) is 0 Å². The SMILES string of the molecule is CCc1ccc(Nc2cc(C(=O)N(C)C3CCS(=O)(=O)C3)ccn2)cc1. The van der Waals surface area contributed by atoms with Gasteiger partial charge >= 0.3 is 0 Å². The van der Waals surface area contributed by atoms with E-state index < -0.39 is 9.84 Å². The number of carbonyl (C=O) groups is 1. The van der Waals surface area contributed by atoms with Crippen molar-refractivity contribution in [1.29, 1.82) is 0 Å². The molecule has 1 N–H and O–H groups in total. The number of nitrogens with one attached hydrogen (secondary N) is 1. The second-order valence-electron chi connectivity index (χ2n) is 6.58. The molecule has 0 saturated carbocycles. The molecule has 138 valence electrons. The van der Waals surface area contributed by atoms with Crippen LogP contribution in [0.2, 0.25) is 0 Å². The van der Waals surface area contributed by atoms with Crippen molar-refractivity contribution in [2.75, 3.05) is 23.9 Å². The predicted octanol–water partition coefficient (Wildman–Crippen LogP) is 2.65. The van der Waals surface area contributed by atoms with Crippen molar-refractivity contribution >= 4 is 27.2 Å². The maximum absolute atomic E-state index is 12.7. The maximum atomic E-state index is 12.7. The zero-order valence-electron chi connectivity index (χ0n) is 15.0. The molecule has 0 aliphatic carbocycles. The van der Waals surface area contributed by atoms with E-state index in [0.717, 1.165) is 12.1 Å². The Kier molecular flexibility index (Phi) is 5.27. The largest absolute Gasteiger partial charge is 0.340 e. The van der Waals surface area contributed by atoms with Crippen LogP contribution < -0.4 is 5.32 Å². The average molecular weight is 373 g/mol. The fourth-order valence-corrected chi connectivity index (χ4v) is 4.83. The molecular weight excluding hydrogens is 350 g/mol. The molecule has 0 spiro atoms. The number of aromatic nitrogens is 1. The molecule has 1 unspecified atom stereocenters. The average Bonchev–Trinajstić information content (AvgIpc) is 3.01. The van der Waals surface area contributed by atoms with Gasteiger partial charge in [-0.05, 0) is 42.7 Å². The second kappa shape index (κ2) is 7.45. The maximum Gasteiger partial charge on any atom is 0.254 e. The smallest absolute Gasteiger partial charge is 0.254 e. The van der Waals surface area contributed by atoms with Crippen molar-refractivity contribution in [3.05, 3.63) is 53.7 Å². The molecule has 7 heteroatoms. The summed E-state index contributed by atoms with van der Waals surface area (Å²) in [7, 11) is -1.37. The number of anilines is 2. The first-order valence-electron chi connectivity index (χ1n) is 8.67. The Labute approximate surface area is 154 Å². The minimum Gasteiger partial charge on any atom is -0.340 e. The van der Waals surface area contributed by atoms with Crippen LogP contribution in [-0.4, -0.2) is 48.8 Å². The normalized spacial score (nSPS) is 18.5. The van der Waals surface area contributed by atoms with Gasteiger partial charge in [0.1, 0.15) is 5.82 Å². The van der Waals surface area contributed by atoms with Crippen LogP contribution in [0.25, 0.3) is 0 Å². The molecule has 1 amide bonds. The van der Waals surface area contributed by atoms with Gasteiger partial charge in [-0.15, -0.1) is 0 Å².